The molecule has 0 saturated carbocycles. The van der Waals surface area contributed by atoms with Gasteiger partial charge in [-0.3, -0.25) is 9.59 Å². The maximum absolute atomic E-state index is 15.7. The fourth-order valence-corrected chi connectivity index (χ4v) is 12.4. The number of carbonyl (C=O) groups is 6. The number of aromatic hydroxyl groups is 16. The van der Waals surface area contributed by atoms with Gasteiger partial charge in [-0.2, -0.15) is 0 Å². The highest BCUT2D eigenvalue weighted by Crippen LogP contribution is 2.68. The Morgan fingerprint density at radius 2 is 0.930 bits per heavy atom. The molecule has 0 amide bonds. The number of benzene rings is 6. The summed E-state index contributed by atoms with van der Waals surface area (Å²) in [6.07, 6.45) is -15.1. The van der Waals surface area contributed by atoms with Gasteiger partial charge < -0.3 is 125 Å². The average molecular weight is 1190 g/mol. The predicted molar refractivity (Wildman–Crippen MR) is 268 cm³/mol. The molecular formula is C55H36O31. The zero-order valence-corrected chi connectivity index (χ0v) is 42.4. The summed E-state index contributed by atoms with van der Waals surface area (Å²) in [5, 5.41) is 202. The molecule has 31 nitrogen and oxygen atoms in total. The first-order valence-corrected chi connectivity index (χ1v) is 24.9. The van der Waals surface area contributed by atoms with Gasteiger partial charge in [0.2, 0.25) is 34.4 Å². The number of esters is 5. The van der Waals surface area contributed by atoms with Gasteiger partial charge in [0.15, 0.2) is 99.5 Å². The summed E-state index contributed by atoms with van der Waals surface area (Å²) >= 11 is 0. The fraction of sp³-hybridized carbons (Fsp3) is 0.200. The molecule has 8 aliphatic rings. The van der Waals surface area contributed by atoms with E-state index in [9.17, 15) is 96.7 Å². The quantitative estimate of drug-likeness (QED) is 0.0637. The van der Waals surface area contributed by atoms with Crippen LogP contribution in [0, 0.1) is 5.92 Å². The van der Waals surface area contributed by atoms with E-state index in [0.29, 0.717) is 18.2 Å². The standard InChI is InChI=1S/C55H36O31/c56-14-1-9(2-15(57)34(14)63)45-19(61)3-10-20(81-45)7-21-26(33(10)62)31-47-48-46-22(8-80-50(75)11-4-16(58)35(64)38(67)23(11)24-12(52(77)83-46)5-17(59)36(65)39(24)68)82-51(76)13-6-18(60)37(66)40(69)25(13)27-29(53(78)85-48)28(42(71)44(73)41(27)70)30-32(54(79)84-47)55(31,86-21)49(74)43(30)72/h1-2,4-7,19,22,31-32,45-48,56-73H,3,8H2. The minimum atomic E-state index is -3.18. The molecule has 31 heteroatoms. The first-order valence-electron chi connectivity index (χ1n) is 24.9. The second kappa shape index (κ2) is 17.6. The lowest BCUT2D eigenvalue weighted by Crippen LogP contribution is -2.65. The molecule has 1 fully saturated rings. The molecule has 9 atom stereocenters. The Morgan fingerprint density at radius 1 is 0.430 bits per heavy atom. The Hall–Kier alpha value is -11.8. The van der Waals surface area contributed by atoms with Crippen LogP contribution in [0.3, 0.4) is 0 Å². The van der Waals surface area contributed by atoms with Crippen LogP contribution in [-0.4, -0.2) is 170 Å². The third kappa shape index (κ3) is 6.80. The van der Waals surface area contributed by atoms with Crippen LogP contribution in [0.15, 0.2) is 42.2 Å². The number of rotatable bonds is 1. The van der Waals surface area contributed by atoms with Crippen molar-refractivity contribution < 1.29 is 154 Å². The first-order chi connectivity index (χ1) is 40.6. The zero-order chi connectivity index (χ0) is 61.7. The van der Waals surface area contributed by atoms with Gasteiger partial charge in [0.1, 0.15) is 29.8 Å². The van der Waals surface area contributed by atoms with Crippen molar-refractivity contribution in [2.45, 2.75) is 54.6 Å². The van der Waals surface area contributed by atoms with Gasteiger partial charge in [0, 0.05) is 62.6 Å². The number of phenolic OH excluding ortho intramolecular Hbond substituents is 16. The molecule has 0 radical (unpaired) electrons. The van der Waals surface area contributed by atoms with Gasteiger partial charge in [-0.1, -0.05) is 0 Å². The second-order valence-corrected chi connectivity index (χ2v) is 20.6. The molecule has 1 aliphatic carbocycles. The topological polar surface area (TPSA) is 531 Å². The molecule has 6 aromatic rings. The van der Waals surface area contributed by atoms with Crippen LogP contribution >= 0.6 is 0 Å². The number of fused-ring (bicyclic) bond motifs is 9. The molecule has 442 valence electrons. The van der Waals surface area contributed by atoms with E-state index in [1.807, 2.05) is 0 Å². The van der Waals surface area contributed by atoms with Gasteiger partial charge in [0.05, 0.1) is 34.3 Å². The predicted octanol–water partition coefficient (Wildman–Crippen LogP) is 2.13. The minimum absolute atomic E-state index is 0.169. The molecule has 6 aromatic carbocycles. The number of Topliss-reactive ketones (excluding diaryl/α,β-unsaturated/α-hetero) is 1. The SMILES string of the molecule is O=C1OCC2OC(=O)c3cc(O)c(O)c(O)c3-c3c(O)c(O)c(O)c4c3C(=O)OC(C2OC(=O)c2cc(O)c(O)c(O)c2-c2c1cc(O)c(O)c2O)C1OC(=O)C2C4=C(O)C(=O)C23Oc2cc4c(c(O)c2C13)CC(O)C(c1cc(O)c(O)c(O)c1)O4. The highest BCUT2D eigenvalue weighted by Gasteiger charge is 2.76. The van der Waals surface area contributed by atoms with Crippen molar-refractivity contribution in [1.82, 2.24) is 0 Å². The number of aliphatic hydroxyl groups is 2. The van der Waals surface area contributed by atoms with Crippen LogP contribution in [0.4, 0.5) is 0 Å². The highest BCUT2D eigenvalue weighted by molar-refractivity contribution is 6.22. The molecule has 7 heterocycles. The highest BCUT2D eigenvalue weighted by atomic mass is 16.6. The molecule has 0 aromatic heterocycles. The van der Waals surface area contributed by atoms with Crippen LogP contribution in [0.2, 0.25) is 0 Å². The van der Waals surface area contributed by atoms with Crippen LogP contribution in [0.25, 0.3) is 27.8 Å². The smallest absolute Gasteiger partial charge is 0.340 e. The summed E-state index contributed by atoms with van der Waals surface area (Å²) in [7, 11) is 0. The summed E-state index contributed by atoms with van der Waals surface area (Å²) in [6, 6.07) is 3.83. The Labute approximate surface area is 473 Å². The van der Waals surface area contributed by atoms with Gasteiger partial charge in [-0.25, -0.2) is 19.2 Å². The molecule has 6 bridgehead atoms. The molecule has 7 aliphatic heterocycles. The van der Waals surface area contributed by atoms with Gasteiger partial charge in [-0.15, -0.1) is 0 Å². The number of hydrogen-bond acceptors (Lipinski definition) is 31. The van der Waals surface area contributed by atoms with E-state index in [0.717, 1.165) is 18.2 Å². The minimum Gasteiger partial charge on any atom is -0.507 e. The van der Waals surface area contributed by atoms with Crippen molar-refractivity contribution in [3.8, 4) is 126 Å². The molecule has 14 rings (SSSR count). The van der Waals surface area contributed by atoms with E-state index in [4.69, 9.17) is 33.2 Å². The molecular weight excluding hydrogens is 1160 g/mol. The van der Waals surface area contributed by atoms with Crippen LogP contribution < -0.4 is 9.47 Å². The summed E-state index contributed by atoms with van der Waals surface area (Å²) in [5.41, 5.74) is -17.2. The van der Waals surface area contributed by atoms with E-state index in [-0.39, 0.29) is 11.1 Å². The van der Waals surface area contributed by atoms with Crippen molar-refractivity contribution in [2.24, 2.45) is 5.92 Å². The molecule has 1 saturated heterocycles. The van der Waals surface area contributed by atoms with Crippen molar-refractivity contribution >= 4 is 41.2 Å². The molecule has 86 heavy (non-hydrogen) atoms. The van der Waals surface area contributed by atoms with E-state index in [1.165, 1.54) is 0 Å². The number of aliphatic hydroxyl groups excluding tert-OH is 2. The van der Waals surface area contributed by atoms with Crippen molar-refractivity contribution in [3.05, 3.63) is 86.7 Å². The van der Waals surface area contributed by atoms with Crippen molar-refractivity contribution in [1.29, 1.82) is 0 Å². The third-order valence-corrected chi connectivity index (χ3v) is 16.2. The van der Waals surface area contributed by atoms with E-state index in [2.05, 4.69) is 0 Å². The molecule has 9 unspecified atom stereocenters. The fourth-order valence-electron chi connectivity index (χ4n) is 12.4. The number of cyclic esters (lactones) is 1. The number of hydrogen-bond donors (Lipinski definition) is 18. The van der Waals surface area contributed by atoms with Gasteiger partial charge in [-0.05, 0) is 30.3 Å². The lowest BCUT2D eigenvalue weighted by molar-refractivity contribution is -0.200. The number of phenols is 16. The first kappa shape index (κ1) is 53.5. The molecule has 18 N–H and O–H groups in total. The Bertz CT molecular complexity index is 4270. The van der Waals surface area contributed by atoms with E-state index in [1.54, 1.807) is 0 Å². The van der Waals surface area contributed by atoms with Crippen molar-refractivity contribution in [3.63, 3.8) is 0 Å². The van der Waals surface area contributed by atoms with Gasteiger partial charge >= 0.3 is 29.8 Å². The van der Waals surface area contributed by atoms with Gasteiger partial charge in [0.25, 0.3) is 0 Å². The lowest BCUT2D eigenvalue weighted by Gasteiger charge is -2.47. The molecule has 1 spiro atoms. The maximum atomic E-state index is 15.7. The lowest BCUT2D eigenvalue weighted by atomic mass is 9.66. The largest absolute Gasteiger partial charge is 0.507 e. The monoisotopic (exact) mass is 1190 g/mol. The van der Waals surface area contributed by atoms with Crippen molar-refractivity contribution in [2.75, 3.05) is 6.61 Å². The second-order valence-electron chi connectivity index (χ2n) is 20.6. The van der Waals surface area contributed by atoms with Crippen LogP contribution in [-0.2, 0) is 39.7 Å². The van der Waals surface area contributed by atoms with Crippen LogP contribution in [0.5, 0.6) is 103 Å². The summed E-state index contributed by atoms with van der Waals surface area (Å²) in [5.74, 6) is -41.0. The number of ether oxygens (including phenoxy) is 7. The average Bonchev–Trinajstić information content (AvgIpc) is 1.49. The number of ketones is 1. The summed E-state index contributed by atoms with van der Waals surface area (Å²) < 4.78 is 42.1. The third-order valence-electron chi connectivity index (χ3n) is 16.2. The Morgan fingerprint density at radius 3 is 1.51 bits per heavy atom. The van der Waals surface area contributed by atoms with E-state index < -0.39 is 273 Å². The summed E-state index contributed by atoms with van der Waals surface area (Å²) in [4.78, 5) is 91.4. The van der Waals surface area contributed by atoms with Crippen LogP contribution in [0.1, 0.15) is 75.7 Å². The summed E-state index contributed by atoms with van der Waals surface area (Å²) in [6.45, 7) is -1.59. The Balaban J connectivity index is 1.12. The normalized spacial score (nSPS) is 24.9. The van der Waals surface area contributed by atoms with E-state index >= 15 is 24.0 Å². The Kier molecular flexibility index (Phi) is 11.0. The number of carbonyl (C=O) groups excluding carboxylic acids is 6. The zero-order valence-electron chi connectivity index (χ0n) is 42.4. The maximum Gasteiger partial charge on any atom is 0.340 e.